The molecule has 1 aromatic rings. The summed E-state index contributed by atoms with van der Waals surface area (Å²) in [6.07, 6.45) is 2.44. The lowest BCUT2D eigenvalue weighted by Crippen LogP contribution is -2.50. The van der Waals surface area contributed by atoms with Crippen molar-refractivity contribution < 1.29 is 19.1 Å². The highest BCUT2D eigenvalue weighted by molar-refractivity contribution is 5.85. The lowest BCUT2D eigenvalue weighted by atomic mass is 10.0. The minimum absolute atomic E-state index is 0.114. The van der Waals surface area contributed by atoms with Gasteiger partial charge in [0.1, 0.15) is 11.8 Å². The molecule has 1 aliphatic heterocycles. The van der Waals surface area contributed by atoms with Gasteiger partial charge in [0.2, 0.25) is 0 Å². The third-order valence-electron chi connectivity index (χ3n) is 3.52. The van der Waals surface area contributed by atoms with Gasteiger partial charge in [-0.25, -0.2) is 4.79 Å². The number of methoxy groups -OCH3 is 1. The van der Waals surface area contributed by atoms with Crippen LogP contribution in [0.15, 0.2) is 24.3 Å². The van der Waals surface area contributed by atoms with Crippen molar-refractivity contribution >= 4 is 17.6 Å². The molecule has 114 valence electrons. The Hall–Kier alpha value is -2.24. The minimum atomic E-state index is -0.499. The van der Waals surface area contributed by atoms with Gasteiger partial charge in [-0.2, -0.15) is 0 Å². The van der Waals surface area contributed by atoms with Crippen molar-refractivity contribution in [3.63, 3.8) is 0 Å². The first-order valence-corrected chi connectivity index (χ1v) is 6.97. The molecule has 0 saturated carbocycles. The van der Waals surface area contributed by atoms with Crippen LogP contribution in [0.4, 0.5) is 5.69 Å². The smallest absolute Gasteiger partial charge is 0.328 e. The van der Waals surface area contributed by atoms with E-state index in [1.54, 1.807) is 29.2 Å². The Bertz CT molecular complexity index is 518. The van der Waals surface area contributed by atoms with Crippen molar-refractivity contribution in [1.82, 2.24) is 4.90 Å². The van der Waals surface area contributed by atoms with Crippen molar-refractivity contribution in [3.8, 4) is 5.75 Å². The van der Waals surface area contributed by atoms with Gasteiger partial charge in [0.05, 0.1) is 7.11 Å². The number of hydrogen-bond acceptors (Lipinski definition) is 5. The zero-order valence-corrected chi connectivity index (χ0v) is 12.1. The number of carbonyl (C=O) groups excluding carboxylic acids is 2. The van der Waals surface area contributed by atoms with E-state index in [4.69, 9.17) is 15.2 Å². The summed E-state index contributed by atoms with van der Waals surface area (Å²) in [5.41, 5.74) is 6.23. The molecular weight excluding hydrogens is 272 g/mol. The molecule has 1 unspecified atom stereocenters. The molecule has 1 amide bonds. The maximum Gasteiger partial charge on any atom is 0.328 e. The number of rotatable bonds is 4. The SMILES string of the molecule is COC(=O)C1CCCCN1C(=O)COc1cccc(N)c1. The quantitative estimate of drug-likeness (QED) is 0.666. The Morgan fingerprint density at radius 2 is 2.19 bits per heavy atom. The second kappa shape index (κ2) is 6.97. The average molecular weight is 292 g/mol. The fourth-order valence-corrected chi connectivity index (χ4v) is 2.44. The van der Waals surface area contributed by atoms with E-state index in [0.29, 0.717) is 24.4 Å². The van der Waals surface area contributed by atoms with Crippen LogP contribution in [-0.2, 0) is 14.3 Å². The van der Waals surface area contributed by atoms with Gasteiger partial charge in [-0.3, -0.25) is 4.79 Å². The summed E-state index contributed by atoms with van der Waals surface area (Å²) in [5.74, 6) is -0.0468. The van der Waals surface area contributed by atoms with Gasteiger partial charge >= 0.3 is 5.97 Å². The predicted octanol–water partition coefficient (Wildman–Crippen LogP) is 1.20. The van der Waals surface area contributed by atoms with Crippen molar-refractivity contribution in [2.24, 2.45) is 0 Å². The molecule has 21 heavy (non-hydrogen) atoms. The number of likely N-dealkylation sites (tertiary alicyclic amines) is 1. The number of hydrogen-bond donors (Lipinski definition) is 1. The molecule has 2 N–H and O–H groups in total. The van der Waals surface area contributed by atoms with Gasteiger partial charge in [-0.1, -0.05) is 6.07 Å². The highest BCUT2D eigenvalue weighted by Crippen LogP contribution is 2.19. The molecule has 1 aliphatic rings. The number of carbonyl (C=O) groups is 2. The molecule has 0 bridgehead atoms. The summed E-state index contributed by atoms with van der Waals surface area (Å²) in [6.45, 7) is 0.440. The van der Waals surface area contributed by atoms with Crippen LogP contribution < -0.4 is 10.5 Å². The summed E-state index contributed by atoms with van der Waals surface area (Å²) in [4.78, 5) is 25.5. The maximum absolute atomic E-state index is 12.2. The van der Waals surface area contributed by atoms with Crippen molar-refractivity contribution in [1.29, 1.82) is 0 Å². The van der Waals surface area contributed by atoms with Crippen molar-refractivity contribution in [3.05, 3.63) is 24.3 Å². The van der Waals surface area contributed by atoms with Crippen LogP contribution in [0.25, 0.3) is 0 Å². The minimum Gasteiger partial charge on any atom is -0.484 e. The molecule has 1 saturated heterocycles. The van der Waals surface area contributed by atoms with Gasteiger partial charge in [0.25, 0.3) is 5.91 Å². The molecular formula is C15H20N2O4. The average Bonchev–Trinajstić information content (AvgIpc) is 2.52. The first-order chi connectivity index (χ1) is 10.1. The summed E-state index contributed by atoms with van der Waals surface area (Å²) in [5, 5.41) is 0. The van der Waals surface area contributed by atoms with E-state index in [2.05, 4.69) is 0 Å². The topological polar surface area (TPSA) is 81.9 Å². The van der Waals surface area contributed by atoms with Gasteiger partial charge in [-0.05, 0) is 31.4 Å². The lowest BCUT2D eigenvalue weighted by molar-refractivity contribution is -0.155. The number of piperidine rings is 1. The molecule has 6 nitrogen and oxygen atoms in total. The number of benzene rings is 1. The zero-order chi connectivity index (χ0) is 15.2. The standard InChI is InChI=1S/C15H20N2O4/c1-20-15(19)13-7-2-3-8-17(13)14(18)10-21-12-6-4-5-11(16)9-12/h4-6,9,13H,2-3,7-8,10,16H2,1H3. The third-order valence-corrected chi connectivity index (χ3v) is 3.52. The van der Waals surface area contributed by atoms with Crippen LogP contribution in [-0.4, -0.2) is 43.1 Å². The second-order valence-electron chi connectivity index (χ2n) is 4.98. The van der Waals surface area contributed by atoms with E-state index in [0.717, 1.165) is 12.8 Å². The zero-order valence-electron chi connectivity index (χ0n) is 12.1. The van der Waals surface area contributed by atoms with Gasteiger partial charge in [0, 0.05) is 18.3 Å². The predicted molar refractivity (Wildman–Crippen MR) is 77.7 cm³/mol. The van der Waals surface area contributed by atoms with Crippen LogP contribution in [0.2, 0.25) is 0 Å². The lowest BCUT2D eigenvalue weighted by Gasteiger charge is -2.33. The number of anilines is 1. The molecule has 0 spiro atoms. The largest absolute Gasteiger partial charge is 0.484 e. The number of nitrogens with two attached hydrogens (primary N) is 1. The van der Waals surface area contributed by atoms with E-state index < -0.39 is 6.04 Å². The number of nitrogen functional groups attached to an aromatic ring is 1. The van der Waals surface area contributed by atoms with E-state index in [9.17, 15) is 9.59 Å². The molecule has 1 heterocycles. The Kier molecular flexibility index (Phi) is 5.03. The van der Waals surface area contributed by atoms with Crippen molar-refractivity contribution in [2.75, 3.05) is 26.0 Å². The number of nitrogens with zero attached hydrogens (tertiary/aromatic N) is 1. The van der Waals surface area contributed by atoms with E-state index >= 15 is 0 Å². The Labute approximate surface area is 123 Å². The number of ether oxygens (including phenoxy) is 2. The van der Waals surface area contributed by atoms with E-state index in [-0.39, 0.29) is 18.5 Å². The molecule has 1 atom stereocenters. The normalized spacial score (nSPS) is 18.1. The number of esters is 1. The molecule has 0 aromatic heterocycles. The third kappa shape index (κ3) is 3.87. The van der Waals surface area contributed by atoms with Gasteiger partial charge < -0.3 is 20.1 Å². The Morgan fingerprint density at radius 3 is 2.90 bits per heavy atom. The number of amides is 1. The fourth-order valence-electron chi connectivity index (χ4n) is 2.44. The Balaban J connectivity index is 1.96. The van der Waals surface area contributed by atoms with Crippen molar-refractivity contribution in [2.45, 2.75) is 25.3 Å². The highest BCUT2D eigenvalue weighted by atomic mass is 16.5. The van der Waals surface area contributed by atoms with Crippen LogP contribution in [0.1, 0.15) is 19.3 Å². The Morgan fingerprint density at radius 1 is 1.38 bits per heavy atom. The summed E-state index contributed by atoms with van der Waals surface area (Å²) >= 11 is 0. The van der Waals surface area contributed by atoms with E-state index in [1.807, 2.05) is 0 Å². The molecule has 0 radical (unpaired) electrons. The van der Waals surface area contributed by atoms with Crippen LogP contribution >= 0.6 is 0 Å². The highest BCUT2D eigenvalue weighted by Gasteiger charge is 2.32. The first kappa shape index (κ1) is 15.2. The summed E-state index contributed by atoms with van der Waals surface area (Å²) in [6, 6.07) is 6.39. The summed E-state index contributed by atoms with van der Waals surface area (Å²) < 4.78 is 10.2. The molecule has 1 aromatic carbocycles. The van der Waals surface area contributed by atoms with Gasteiger partial charge in [-0.15, -0.1) is 0 Å². The molecule has 1 fully saturated rings. The summed E-state index contributed by atoms with van der Waals surface area (Å²) in [7, 11) is 1.34. The molecule has 6 heteroatoms. The first-order valence-electron chi connectivity index (χ1n) is 6.97. The monoisotopic (exact) mass is 292 g/mol. The fraction of sp³-hybridized carbons (Fsp3) is 0.467. The van der Waals surface area contributed by atoms with Crippen LogP contribution in [0, 0.1) is 0 Å². The maximum atomic E-state index is 12.2. The second-order valence-corrected chi connectivity index (χ2v) is 4.98. The molecule has 2 rings (SSSR count). The van der Waals surface area contributed by atoms with Gasteiger partial charge in [0.15, 0.2) is 6.61 Å². The van der Waals surface area contributed by atoms with Crippen LogP contribution in [0.3, 0.4) is 0 Å². The van der Waals surface area contributed by atoms with E-state index in [1.165, 1.54) is 7.11 Å². The van der Waals surface area contributed by atoms with Crippen LogP contribution in [0.5, 0.6) is 5.75 Å². The molecule has 0 aliphatic carbocycles.